The monoisotopic (exact) mass is 295 g/mol. The third-order valence-corrected chi connectivity index (χ3v) is 2.59. The minimum Gasteiger partial charge on any atom is -0.484 e. The minimum absolute atomic E-state index is 0.0755. The number of rotatable bonds is 4. The van der Waals surface area contributed by atoms with Crippen molar-refractivity contribution in [3.8, 4) is 5.75 Å². The van der Waals surface area contributed by atoms with E-state index in [2.05, 4.69) is 5.32 Å². The van der Waals surface area contributed by atoms with Crippen molar-refractivity contribution in [2.75, 3.05) is 11.9 Å². The standard InChI is InChI=1S/C15H12F3NO2/c16-15(17,18)11-5-4-6-12(9-11)19-14(20)10-21-13-7-2-1-3-8-13/h1-9H,10H2,(H,19,20). The Morgan fingerprint density at radius 2 is 1.76 bits per heavy atom. The van der Waals surface area contributed by atoms with E-state index in [9.17, 15) is 18.0 Å². The average molecular weight is 295 g/mol. The summed E-state index contributed by atoms with van der Waals surface area (Å²) in [6.07, 6.45) is -4.44. The summed E-state index contributed by atoms with van der Waals surface area (Å²) in [5.74, 6) is -0.0186. The van der Waals surface area contributed by atoms with Crippen molar-refractivity contribution in [3.05, 3.63) is 60.2 Å². The molecule has 2 aromatic rings. The zero-order chi connectivity index (χ0) is 15.3. The second kappa shape index (κ2) is 6.30. The van der Waals surface area contributed by atoms with Crippen LogP contribution in [0.4, 0.5) is 18.9 Å². The molecule has 1 N–H and O–H groups in total. The number of halogens is 3. The van der Waals surface area contributed by atoms with Gasteiger partial charge in [0.2, 0.25) is 0 Å². The van der Waals surface area contributed by atoms with E-state index in [0.29, 0.717) is 5.75 Å². The fourth-order valence-corrected chi connectivity index (χ4v) is 1.64. The van der Waals surface area contributed by atoms with Gasteiger partial charge >= 0.3 is 6.18 Å². The van der Waals surface area contributed by atoms with Gasteiger partial charge in [0.1, 0.15) is 5.75 Å². The second-order valence-electron chi connectivity index (χ2n) is 4.23. The molecule has 0 bridgehead atoms. The Morgan fingerprint density at radius 1 is 1.05 bits per heavy atom. The molecular weight excluding hydrogens is 283 g/mol. The molecule has 0 saturated carbocycles. The Bertz CT molecular complexity index is 612. The van der Waals surface area contributed by atoms with Crippen LogP contribution in [0.5, 0.6) is 5.75 Å². The number of hydrogen-bond donors (Lipinski definition) is 1. The number of alkyl halides is 3. The predicted molar refractivity (Wildman–Crippen MR) is 72.0 cm³/mol. The largest absolute Gasteiger partial charge is 0.484 e. The summed E-state index contributed by atoms with van der Waals surface area (Å²) in [6.45, 7) is -0.278. The Labute approximate surface area is 119 Å². The third-order valence-electron chi connectivity index (χ3n) is 2.59. The Balaban J connectivity index is 1.94. The van der Waals surface area contributed by atoms with Gasteiger partial charge in [-0.1, -0.05) is 24.3 Å². The van der Waals surface area contributed by atoms with Crippen molar-refractivity contribution >= 4 is 11.6 Å². The summed E-state index contributed by atoms with van der Waals surface area (Å²) in [7, 11) is 0. The molecule has 21 heavy (non-hydrogen) atoms. The Kier molecular flexibility index (Phi) is 4.47. The van der Waals surface area contributed by atoms with E-state index in [-0.39, 0.29) is 12.3 Å². The summed E-state index contributed by atoms with van der Waals surface area (Å²) in [4.78, 5) is 11.6. The highest BCUT2D eigenvalue weighted by molar-refractivity contribution is 5.91. The third kappa shape index (κ3) is 4.52. The van der Waals surface area contributed by atoms with Gasteiger partial charge < -0.3 is 10.1 Å². The highest BCUT2D eigenvalue weighted by Gasteiger charge is 2.30. The first-order valence-electron chi connectivity index (χ1n) is 6.10. The zero-order valence-electron chi connectivity index (χ0n) is 10.9. The Hall–Kier alpha value is -2.50. The molecule has 0 radical (unpaired) electrons. The molecule has 1 amide bonds. The molecule has 0 saturated heterocycles. The molecule has 0 atom stereocenters. The van der Waals surface area contributed by atoms with Crippen LogP contribution < -0.4 is 10.1 Å². The lowest BCUT2D eigenvalue weighted by atomic mass is 10.2. The lowest BCUT2D eigenvalue weighted by Gasteiger charge is -2.10. The topological polar surface area (TPSA) is 38.3 Å². The highest BCUT2D eigenvalue weighted by Crippen LogP contribution is 2.30. The average Bonchev–Trinajstić information content (AvgIpc) is 2.46. The maximum Gasteiger partial charge on any atom is 0.416 e. The number of ether oxygens (including phenoxy) is 1. The summed E-state index contributed by atoms with van der Waals surface area (Å²) in [5.41, 5.74) is -0.740. The van der Waals surface area contributed by atoms with Gasteiger partial charge in [0.25, 0.3) is 5.91 Å². The number of anilines is 1. The molecular formula is C15H12F3NO2. The Morgan fingerprint density at radius 3 is 2.43 bits per heavy atom. The van der Waals surface area contributed by atoms with Gasteiger partial charge in [0, 0.05) is 5.69 Å². The molecule has 0 aliphatic carbocycles. The van der Waals surface area contributed by atoms with Crippen LogP contribution in [0.2, 0.25) is 0 Å². The molecule has 2 aromatic carbocycles. The number of benzene rings is 2. The first kappa shape index (κ1) is 14.9. The van der Waals surface area contributed by atoms with E-state index in [1.165, 1.54) is 12.1 Å². The normalized spacial score (nSPS) is 11.0. The fourth-order valence-electron chi connectivity index (χ4n) is 1.64. The number of carbonyl (C=O) groups excluding carboxylic acids is 1. The maximum atomic E-state index is 12.5. The molecule has 0 heterocycles. The van der Waals surface area contributed by atoms with Crippen LogP contribution in [0.1, 0.15) is 5.56 Å². The van der Waals surface area contributed by atoms with Crippen LogP contribution in [0, 0.1) is 0 Å². The van der Waals surface area contributed by atoms with E-state index < -0.39 is 17.6 Å². The molecule has 0 unspecified atom stereocenters. The summed E-state index contributed by atoms with van der Waals surface area (Å²) in [6, 6.07) is 13.1. The minimum atomic E-state index is -4.44. The van der Waals surface area contributed by atoms with E-state index in [0.717, 1.165) is 12.1 Å². The molecule has 0 spiro atoms. The first-order valence-corrected chi connectivity index (χ1v) is 6.10. The summed E-state index contributed by atoms with van der Waals surface area (Å²) < 4.78 is 42.8. The van der Waals surface area contributed by atoms with Crippen molar-refractivity contribution in [3.63, 3.8) is 0 Å². The highest BCUT2D eigenvalue weighted by atomic mass is 19.4. The number of carbonyl (C=O) groups is 1. The van der Waals surface area contributed by atoms with E-state index >= 15 is 0 Å². The first-order chi connectivity index (χ1) is 9.95. The van der Waals surface area contributed by atoms with Crippen LogP contribution in [-0.2, 0) is 11.0 Å². The van der Waals surface area contributed by atoms with Crippen LogP contribution in [-0.4, -0.2) is 12.5 Å². The number of para-hydroxylation sites is 1. The summed E-state index contributed by atoms with van der Waals surface area (Å²) in [5, 5.41) is 2.36. The molecule has 3 nitrogen and oxygen atoms in total. The van der Waals surface area contributed by atoms with Crippen molar-refractivity contribution < 1.29 is 22.7 Å². The molecule has 0 aliphatic rings. The summed E-state index contributed by atoms with van der Waals surface area (Å²) >= 11 is 0. The molecule has 0 fully saturated rings. The van der Waals surface area contributed by atoms with Gasteiger partial charge in [-0.05, 0) is 30.3 Å². The second-order valence-corrected chi connectivity index (χ2v) is 4.23. The van der Waals surface area contributed by atoms with Gasteiger partial charge in [-0.25, -0.2) is 0 Å². The molecule has 0 aliphatic heterocycles. The van der Waals surface area contributed by atoms with Crippen molar-refractivity contribution in [2.45, 2.75) is 6.18 Å². The van der Waals surface area contributed by atoms with E-state index in [1.807, 2.05) is 0 Å². The van der Waals surface area contributed by atoms with Crippen LogP contribution in [0.3, 0.4) is 0 Å². The van der Waals surface area contributed by atoms with Crippen molar-refractivity contribution in [2.24, 2.45) is 0 Å². The van der Waals surface area contributed by atoms with Crippen LogP contribution in [0.15, 0.2) is 54.6 Å². The van der Waals surface area contributed by atoms with E-state index in [4.69, 9.17) is 4.74 Å². The molecule has 110 valence electrons. The smallest absolute Gasteiger partial charge is 0.416 e. The SMILES string of the molecule is O=C(COc1ccccc1)Nc1cccc(C(F)(F)F)c1. The number of hydrogen-bond acceptors (Lipinski definition) is 2. The number of nitrogens with one attached hydrogen (secondary N) is 1. The molecule has 2 rings (SSSR count). The fraction of sp³-hybridized carbons (Fsp3) is 0.133. The van der Waals surface area contributed by atoms with Gasteiger partial charge in [0.05, 0.1) is 5.56 Å². The van der Waals surface area contributed by atoms with Crippen molar-refractivity contribution in [1.29, 1.82) is 0 Å². The number of amides is 1. The van der Waals surface area contributed by atoms with Gasteiger partial charge in [-0.15, -0.1) is 0 Å². The van der Waals surface area contributed by atoms with Gasteiger partial charge in [0.15, 0.2) is 6.61 Å². The van der Waals surface area contributed by atoms with Crippen LogP contribution in [0.25, 0.3) is 0 Å². The molecule has 6 heteroatoms. The van der Waals surface area contributed by atoms with Gasteiger partial charge in [-0.3, -0.25) is 4.79 Å². The lowest BCUT2D eigenvalue weighted by molar-refractivity contribution is -0.137. The molecule has 0 aromatic heterocycles. The van der Waals surface area contributed by atoms with Crippen LogP contribution >= 0.6 is 0 Å². The van der Waals surface area contributed by atoms with E-state index in [1.54, 1.807) is 30.3 Å². The van der Waals surface area contributed by atoms with Crippen molar-refractivity contribution in [1.82, 2.24) is 0 Å². The maximum absolute atomic E-state index is 12.5. The zero-order valence-corrected chi connectivity index (χ0v) is 10.9. The quantitative estimate of drug-likeness (QED) is 0.933. The lowest BCUT2D eigenvalue weighted by Crippen LogP contribution is -2.20. The van der Waals surface area contributed by atoms with Gasteiger partial charge in [-0.2, -0.15) is 13.2 Å². The predicted octanol–water partition coefficient (Wildman–Crippen LogP) is 3.72.